The van der Waals surface area contributed by atoms with E-state index in [0.717, 1.165) is 24.2 Å². The molecule has 1 aliphatic heterocycles. The average Bonchev–Trinajstić information content (AvgIpc) is 2.88. The summed E-state index contributed by atoms with van der Waals surface area (Å²) in [6, 6.07) is 3.67. The van der Waals surface area contributed by atoms with Crippen LogP contribution < -0.4 is 20.1 Å². The van der Waals surface area contributed by atoms with E-state index < -0.39 is 0 Å². The highest BCUT2D eigenvalue weighted by molar-refractivity contribution is 5.96. The van der Waals surface area contributed by atoms with Crippen molar-refractivity contribution in [3.63, 3.8) is 0 Å². The maximum Gasteiger partial charge on any atom is 0.231 e. The quantitative estimate of drug-likeness (QED) is 0.884. The summed E-state index contributed by atoms with van der Waals surface area (Å²) in [6.45, 7) is 5.52. The van der Waals surface area contributed by atoms with Crippen molar-refractivity contribution in [3.8, 4) is 11.5 Å². The molecule has 1 heterocycles. The Labute approximate surface area is 119 Å². The van der Waals surface area contributed by atoms with E-state index in [1.807, 2.05) is 19.9 Å². The number of anilines is 1. The molecule has 2 N–H and O–H groups in total. The molecule has 2 rings (SSSR count). The Kier molecular flexibility index (Phi) is 4.18. The van der Waals surface area contributed by atoms with Crippen LogP contribution in [0.2, 0.25) is 0 Å². The van der Waals surface area contributed by atoms with Crippen molar-refractivity contribution in [1.82, 2.24) is 5.32 Å². The van der Waals surface area contributed by atoms with Crippen molar-refractivity contribution in [2.75, 3.05) is 32.6 Å². The SMILES string of the molecule is COc1cc(C)c(NC(=O)C2(C)CCNC2)cc1OC. The molecule has 1 atom stereocenters. The van der Waals surface area contributed by atoms with Crippen molar-refractivity contribution in [2.45, 2.75) is 20.3 Å². The molecule has 5 nitrogen and oxygen atoms in total. The van der Waals surface area contributed by atoms with E-state index in [0.29, 0.717) is 18.0 Å². The molecule has 1 amide bonds. The summed E-state index contributed by atoms with van der Waals surface area (Å²) < 4.78 is 10.5. The molecule has 1 aliphatic rings. The Morgan fingerprint density at radius 1 is 1.30 bits per heavy atom. The zero-order valence-corrected chi connectivity index (χ0v) is 12.5. The lowest BCUT2D eigenvalue weighted by Gasteiger charge is -2.22. The standard InChI is InChI=1S/C15H22N2O3/c1-10-7-12(19-3)13(20-4)8-11(10)17-14(18)15(2)5-6-16-9-15/h7-8,16H,5-6,9H2,1-4H3,(H,17,18). The number of carbonyl (C=O) groups excluding carboxylic acids is 1. The molecule has 0 spiro atoms. The van der Waals surface area contributed by atoms with Gasteiger partial charge in [0.1, 0.15) is 0 Å². The van der Waals surface area contributed by atoms with Crippen LogP contribution >= 0.6 is 0 Å². The fraction of sp³-hybridized carbons (Fsp3) is 0.533. The first-order chi connectivity index (χ1) is 9.50. The molecule has 1 aromatic rings. The zero-order chi connectivity index (χ0) is 14.8. The van der Waals surface area contributed by atoms with E-state index in [1.54, 1.807) is 20.3 Å². The third-order valence-corrected chi connectivity index (χ3v) is 3.90. The number of rotatable bonds is 4. The minimum absolute atomic E-state index is 0.0396. The topological polar surface area (TPSA) is 59.6 Å². The van der Waals surface area contributed by atoms with Gasteiger partial charge in [0.25, 0.3) is 0 Å². The molecule has 20 heavy (non-hydrogen) atoms. The van der Waals surface area contributed by atoms with Crippen LogP contribution in [0.3, 0.4) is 0 Å². The van der Waals surface area contributed by atoms with E-state index in [2.05, 4.69) is 10.6 Å². The van der Waals surface area contributed by atoms with Crippen molar-refractivity contribution in [2.24, 2.45) is 5.41 Å². The van der Waals surface area contributed by atoms with Gasteiger partial charge in [0, 0.05) is 18.3 Å². The second-order valence-electron chi connectivity index (χ2n) is 5.46. The monoisotopic (exact) mass is 278 g/mol. The smallest absolute Gasteiger partial charge is 0.231 e. The van der Waals surface area contributed by atoms with Crippen molar-refractivity contribution >= 4 is 11.6 Å². The molecule has 1 saturated heterocycles. The van der Waals surface area contributed by atoms with E-state index in [9.17, 15) is 4.79 Å². The summed E-state index contributed by atoms with van der Waals surface area (Å²) in [7, 11) is 3.18. The highest BCUT2D eigenvalue weighted by atomic mass is 16.5. The van der Waals surface area contributed by atoms with E-state index in [4.69, 9.17) is 9.47 Å². The Hall–Kier alpha value is -1.75. The van der Waals surface area contributed by atoms with Gasteiger partial charge in [-0.15, -0.1) is 0 Å². The minimum Gasteiger partial charge on any atom is -0.493 e. The lowest BCUT2D eigenvalue weighted by molar-refractivity contribution is -0.123. The second kappa shape index (κ2) is 5.71. The summed E-state index contributed by atoms with van der Waals surface area (Å²) >= 11 is 0. The molecule has 1 unspecified atom stereocenters. The van der Waals surface area contributed by atoms with Crippen molar-refractivity contribution in [3.05, 3.63) is 17.7 Å². The normalized spacial score (nSPS) is 21.6. The fourth-order valence-electron chi connectivity index (χ4n) is 2.40. The molecule has 0 radical (unpaired) electrons. The van der Waals surface area contributed by atoms with Gasteiger partial charge >= 0.3 is 0 Å². The number of methoxy groups -OCH3 is 2. The largest absolute Gasteiger partial charge is 0.493 e. The summed E-state index contributed by atoms with van der Waals surface area (Å²) in [6.07, 6.45) is 0.852. The molecule has 0 bridgehead atoms. The Bertz CT molecular complexity index is 508. The van der Waals surface area contributed by atoms with Gasteiger partial charge in [0.05, 0.1) is 19.6 Å². The van der Waals surface area contributed by atoms with Crippen LogP contribution in [0.5, 0.6) is 11.5 Å². The van der Waals surface area contributed by atoms with Gasteiger partial charge in [-0.3, -0.25) is 4.79 Å². The molecule has 0 aliphatic carbocycles. The lowest BCUT2D eigenvalue weighted by Crippen LogP contribution is -2.35. The van der Waals surface area contributed by atoms with Crippen LogP contribution in [0.1, 0.15) is 18.9 Å². The van der Waals surface area contributed by atoms with E-state index in [1.165, 1.54) is 0 Å². The molecular formula is C15H22N2O3. The van der Waals surface area contributed by atoms with Crippen LogP contribution in [-0.4, -0.2) is 33.2 Å². The predicted molar refractivity (Wildman–Crippen MR) is 78.5 cm³/mol. The van der Waals surface area contributed by atoms with Gasteiger partial charge in [-0.05, 0) is 38.4 Å². The third-order valence-electron chi connectivity index (χ3n) is 3.90. The number of benzene rings is 1. The maximum atomic E-state index is 12.4. The summed E-state index contributed by atoms with van der Waals surface area (Å²) in [5, 5.41) is 6.23. The first kappa shape index (κ1) is 14.7. The van der Waals surface area contributed by atoms with Gasteiger partial charge in [0.2, 0.25) is 5.91 Å². The second-order valence-corrected chi connectivity index (χ2v) is 5.46. The van der Waals surface area contributed by atoms with E-state index >= 15 is 0 Å². The Balaban J connectivity index is 2.23. The third kappa shape index (κ3) is 2.72. The van der Waals surface area contributed by atoms with Crippen LogP contribution in [-0.2, 0) is 4.79 Å². The number of hydrogen-bond donors (Lipinski definition) is 2. The fourth-order valence-corrected chi connectivity index (χ4v) is 2.40. The number of hydrogen-bond acceptors (Lipinski definition) is 4. The number of amides is 1. The minimum atomic E-state index is -0.348. The van der Waals surface area contributed by atoms with E-state index in [-0.39, 0.29) is 11.3 Å². The molecule has 0 saturated carbocycles. The number of ether oxygens (including phenoxy) is 2. The zero-order valence-electron chi connectivity index (χ0n) is 12.5. The van der Waals surface area contributed by atoms with Crippen molar-refractivity contribution in [1.29, 1.82) is 0 Å². The van der Waals surface area contributed by atoms with Gasteiger partial charge in [-0.1, -0.05) is 0 Å². The lowest BCUT2D eigenvalue weighted by atomic mass is 9.88. The molecule has 5 heteroatoms. The predicted octanol–water partition coefficient (Wildman–Crippen LogP) is 1.95. The first-order valence-corrected chi connectivity index (χ1v) is 6.75. The maximum absolute atomic E-state index is 12.4. The van der Waals surface area contributed by atoms with Crippen molar-refractivity contribution < 1.29 is 14.3 Å². The number of aryl methyl sites for hydroxylation is 1. The van der Waals surface area contributed by atoms with Gasteiger partial charge in [0.15, 0.2) is 11.5 Å². The summed E-state index contributed by atoms with van der Waals surface area (Å²) in [5.41, 5.74) is 1.37. The molecule has 1 aromatic carbocycles. The number of carbonyl (C=O) groups is 1. The first-order valence-electron chi connectivity index (χ1n) is 6.75. The van der Waals surface area contributed by atoms with Gasteiger partial charge < -0.3 is 20.1 Å². The molecular weight excluding hydrogens is 256 g/mol. The average molecular weight is 278 g/mol. The Morgan fingerprint density at radius 3 is 2.50 bits per heavy atom. The summed E-state index contributed by atoms with van der Waals surface area (Å²) in [4.78, 5) is 12.4. The molecule has 1 fully saturated rings. The van der Waals surface area contributed by atoms with Crippen LogP contribution in [0.4, 0.5) is 5.69 Å². The molecule has 0 aromatic heterocycles. The number of nitrogens with one attached hydrogen (secondary N) is 2. The van der Waals surface area contributed by atoms with Crippen LogP contribution in [0.25, 0.3) is 0 Å². The summed E-state index contributed by atoms with van der Waals surface area (Å²) in [5.74, 6) is 1.32. The van der Waals surface area contributed by atoms with Crippen LogP contribution in [0.15, 0.2) is 12.1 Å². The van der Waals surface area contributed by atoms with Crippen LogP contribution in [0, 0.1) is 12.3 Å². The highest BCUT2D eigenvalue weighted by Gasteiger charge is 2.36. The van der Waals surface area contributed by atoms with Gasteiger partial charge in [-0.2, -0.15) is 0 Å². The Morgan fingerprint density at radius 2 is 1.95 bits per heavy atom. The van der Waals surface area contributed by atoms with Gasteiger partial charge in [-0.25, -0.2) is 0 Å². The highest BCUT2D eigenvalue weighted by Crippen LogP contribution is 2.34. The molecule has 110 valence electrons.